The highest BCUT2D eigenvalue weighted by Crippen LogP contribution is 2.56. The Labute approximate surface area is 118 Å². The van der Waals surface area contributed by atoms with Crippen molar-refractivity contribution in [3.8, 4) is 0 Å². The highest BCUT2D eigenvalue weighted by Gasteiger charge is 2.66. The maximum absolute atomic E-state index is 12.0. The summed E-state index contributed by atoms with van der Waals surface area (Å²) in [5.74, 6) is -0.0442. The first-order chi connectivity index (χ1) is 9.46. The summed E-state index contributed by atoms with van der Waals surface area (Å²) in [6.07, 6.45) is 2.07. The fourth-order valence-corrected chi connectivity index (χ4v) is 4.47. The van der Waals surface area contributed by atoms with Crippen LogP contribution in [0.5, 0.6) is 0 Å². The summed E-state index contributed by atoms with van der Waals surface area (Å²) in [7, 11) is 0. The molecule has 0 bridgehead atoms. The SMILES string of the molecule is CC(=O)O[C@H]1OC(=O)[C@H](C)[C@@H]2CC[C@@H](C)[C@@H]3CCOC132. The Morgan fingerprint density at radius 2 is 2.00 bits per heavy atom. The van der Waals surface area contributed by atoms with Gasteiger partial charge in [-0.1, -0.05) is 13.8 Å². The van der Waals surface area contributed by atoms with Gasteiger partial charge in [-0.05, 0) is 25.2 Å². The summed E-state index contributed by atoms with van der Waals surface area (Å²) >= 11 is 0. The van der Waals surface area contributed by atoms with Gasteiger partial charge in [0.25, 0.3) is 6.29 Å². The fourth-order valence-electron chi connectivity index (χ4n) is 4.47. The number of rotatable bonds is 1. The van der Waals surface area contributed by atoms with E-state index in [0.717, 1.165) is 19.3 Å². The molecule has 0 radical (unpaired) electrons. The molecule has 0 aromatic rings. The zero-order valence-corrected chi connectivity index (χ0v) is 12.3. The highest BCUT2D eigenvalue weighted by atomic mass is 16.7. The molecule has 3 rings (SSSR count). The van der Waals surface area contributed by atoms with Gasteiger partial charge in [-0.25, -0.2) is 0 Å². The number of hydrogen-bond acceptors (Lipinski definition) is 5. The van der Waals surface area contributed by atoms with Crippen LogP contribution in [0.2, 0.25) is 0 Å². The van der Waals surface area contributed by atoms with E-state index in [1.807, 2.05) is 6.92 Å². The van der Waals surface area contributed by atoms with Crippen molar-refractivity contribution in [3.05, 3.63) is 0 Å². The summed E-state index contributed by atoms with van der Waals surface area (Å²) < 4.78 is 16.8. The quantitative estimate of drug-likeness (QED) is 0.687. The summed E-state index contributed by atoms with van der Waals surface area (Å²) in [5.41, 5.74) is -0.628. The number of carbonyl (C=O) groups excluding carboxylic acids is 2. The van der Waals surface area contributed by atoms with Crippen molar-refractivity contribution in [3.63, 3.8) is 0 Å². The molecule has 2 aliphatic heterocycles. The largest absolute Gasteiger partial charge is 0.422 e. The van der Waals surface area contributed by atoms with Crippen molar-refractivity contribution in [1.29, 1.82) is 0 Å². The third-order valence-electron chi connectivity index (χ3n) is 5.40. The molecule has 1 saturated carbocycles. The molecule has 5 nitrogen and oxygen atoms in total. The third-order valence-corrected chi connectivity index (χ3v) is 5.40. The van der Waals surface area contributed by atoms with Gasteiger partial charge in [0.1, 0.15) is 5.60 Å². The summed E-state index contributed by atoms with van der Waals surface area (Å²) in [5, 5.41) is 0. The van der Waals surface area contributed by atoms with Gasteiger partial charge >= 0.3 is 11.9 Å². The lowest BCUT2D eigenvalue weighted by atomic mass is 9.59. The van der Waals surface area contributed by atoms with Crippen LogP contribution in [0.1, 0.15) is 40.0 Å². The van der Waals surface area contributed by atoms with Gasteiger partial charge in [-0.2, -0.15) is 0 Å². The average Bonchev–Trinajstić information content (AvgIpc) is 2.82. The Kier molecular flexibility index (Phi) is 3.27. The molecule has 1 unspecified atom stereocenters. The normalized spacial score (nSPS) is 47.1. The molecular weight excluding hydrogens is 260 g/mol. The van der Waals surface area contributed by atoms with Crippen molar-refractivity contribution in [2.24, 2.45) is 23.7 Å². The van der Waals surface area contributed by atoms with Crippen molar-refractivity contribution in [2.45, 2.75) is 51.9 Å². The molecule has 0 amide bonds. The monoisotopic (exact) mass is 282 g/mol. The first-order valence-corrected chi connectivity index (χ1v) is 7.48. The van der Waals surface area contributed by atoms with Crippen molar-refractivity contribution >= 4 is 11.9 Å². The summed E-state index contributed by atoms with van der Waals surface area (Å²) in [6, 6.07) is 0. The number of carbonyl (C=O) groups is 2. The van der Waals surface area contributed by atoms with Gasteiger partial charge in [0.05, 0.1) is 5.92 Å². The molecule has 1 spiro atoms. The molecule has 20 heavy (non-hydrogen) atoms. The lowest BCUT2D eigenvalue weighted by Crippen LogP contribution is -2.65. The van der Waals surface area contributed by atoms with Gasteiger partial charge < -0.3 is 14.2 Å². The summed E-state index contributed by atoms with van der Waals surface area (Å²) in [6.45, 7) is 6.10. The first kappa shape index (κ1) is 13.9. The van der Waals surface area contributed by atoms with Crippen LogP contribution >= 0.6 is 0 Å². The maximum Gasteiger partial charge on any atom is 0.312 e. The number of hydrogen-bond donors (Lipinski definition) is 0. The van der Waals surface area contributed by atoms with E-state index in [-0.39, 0.29) is 17.8 Å². The first-order valence-electron chi connectivity index (χ1n) is 7.48. The minimum atomic E-state index is -0.885. The Hall–Kier alpha value is -1.10. The zero-order valence-electron chi connectivity index (χ0n) is 12.3. The number of ether oxygens (including phenoxy) is 3. The minimum absolute atomic E-state index is 0.0804. The van der Waals surface area contributed by atoms with Crippen LogP contribution < -0.4 is 0 Å². The average molecular weight is 282 g/mol. The second kappa shape index (κ2) is 4.72. The lowest BCUT2D eigenvalue weighted by molar-refractivity contribution is -0.291. The van der Waals surface area contributed by atoms with E-state index in [1.54, 1.807) is 0 Å². The molecule has 5 heteroatoms. The molecule has 0 aromatic heterocycles. The topological polar surface area (TPSA) is 61.8 Å². The van der Waals surface area contributed by atoms with Crippen LogP contribution in [0.15, 0.2) is 0 Å². The molecule has 6 atom stereocenters. The van der Waals surface area contributed by atoms with Crippen molar-refractivity contribution < 1.29 is 23.8 Å². The molecule has 2 saturated heterocycles. The molecule has 1 aliphatic carbocycles. The number of cyclic esters (lactones) is 1. The van der Waals surface area contributed by atoms with E-state index < -0.39 is 17.9 Å². The van der Waals surface area contributed by atoms with Crippen LogP contribution in [-0.4, -0.2) is 30.4 Å². The Balaban J connectivity index is 2.01. The summed E-state index contributed by atoms with van der Waals surface area (Å²) in [4.78, 5) is 23.4. The molecule has 3 fully saturated rings. The van der Waals surface area contributed by atoms with E-state index in [9.17, 15) is 9.59 Å². The standard InChI is InChI=1S/C15H22O5/c1-8-4-5-12-9(2)13(17)20-14(19-10(3)16)15(12)11(8)6-7-18-15/h8-9,11-12,14H,4-7H2,1-3H3/t8-,9-,11+,12+,14+,15?/m1/s1. The van der Waals surface area contributed by atoms with Crippen molar-refractivity contribution in [2.75, 3.05) is 6.61 Å². The van der Waals surface area contributed by atoms with E-state index in [2.05, 4.69) is 6.92 Å². The molecule has 2 heterocycles. The van der Waals surface area contributed by atoms with Gasteiger partial charge in [-0.3, -0.25) is 9.59 Å². The molecule has 3 aliphatic rings. The third kappa shape index (κ3) is 1.79. The fraction of sp³-hybridized carbons (Fsp3) is 0.867. The van der Waals surface area contributed by atoms with Gasteiger partial charge in [-0.15, -0.1) is 0 Å². The zero-order chi connectivity index (χ0) is 14.5. The minimum Gasteiger partial charge on any atom is -0.422 e. The van der Waals surface area contributed by atoms with Crippen LogP contribution in [0, 0.1) is 23.7 Å². The predicted octanol–water partition coefficient (Wildman–Crippen LogP) is 1.89. The predicted molar refractivity (Wildman–Crippen MR) is 69.5 cm³/mol. The highest BCUT2D eigenvalue weighted by molar-refractivity contribution is 5.74. The van der Waals surface area contributed by atoms with Crippen LogP contribution in [0.3, 0.4) is 0 Å². The van der Waals surface area contributed by atoms with E-state index in [0.29, 0.717) is 18.4 Å². The molecule has 0 N–H and O–H groups in total. The Morgan fingerprint density at radius 3 is 2.70 bits per heavy atom. The van der Waals surface area contributed by atoms with Crippen LogP contribution in [0.25, 0.3) is 0 Å². The second-order valence-electron chi connectivity index (χ2n) is 6.43. The smallest absolute Gasteiger partial charge is 0.312 e. The van der Waals surface area contributed by atoms with E-state index in [1.165, 1.54) is 6.92 Å². The second-order valence-corrected chi connectivity index (χ2v) is 6.43. The van der Waals surface area contributed by atoms with Gasteiger partial charge in [0.2, 0.25) is 0 Å². The lowest BCUT2D eigenvalue weighted by Gasteiger charge is -2.54. The Morgan fingerprint density at radius 1 is 1.25 bits per heavy atom. The van der Waals surface area contributed by atoms with Gasteiger partial charge in [0, 0.05) is 25.4 Å². The maximum atomic E-state index is 12.0. The molecule has 112 valence electrons. The van der Waals surface area contributed by atoms with Crippen LogP contribution in [-0.2, 0) is 23.8 Å². The number of esters is 2. The van der Waals surface area contributed by atoms with Crippen molar-refractivity contribution in [1.82, 2.24) is 0 Å². The van der Waals surface area contributed by atoms with Crippen LogP contribution in [0.4, 0.5) is 0 Å². The van der Waals surface area contributed by atoms with E-state index in [4.69, 9.17) is 14.2 Å². The Bertz CT molecular complexity index is 434. The molecule has 0 aromatic carbocycles. The van der Waals surface area contributed by atoms with Gasteiger partial charge in [0.15, 0.2) is 0 Å². The molecular formula is C15H22O5. The van der Waals surface area contributed by atoms with E-state index >= 15 is 0 Å².